The average Bonchev–Trinajstić information content (AvgIpc) is 1.80. The summed E-state index contributed by atoms with van der Waals surface area (Å²) in [5.41, 5.74) is 0. The van der Waals surface area contributed by atoms with E-state index in [4.69, 9.17) is 9.47 Å². The molecule has 0 bridgehead atoms. The number of methoxy groups -OCH3 is 1. The molecule has 2 heterocycles. The fourth-order valence-electron chi connectivity index (χ4n) is 1.40. The third-order valence-electron chi connectivity index (χ3n) is 2.47. The fourth-order valence-corrected chi connectivity index (χ4v) is 1.40. The number of carbonyl (C=O) groups excluding carboxylic acids is 1. The lowest BCUT2D eigenvalue weighted by molar-refractivity contribution is -0.167. The zero-order valence-corrected chi connectivity index (χ0v) is 7.16. The third-order valence-corrected chi connectivity index (χ3v) is 2.47. The van der Waals surface area contributed by atoms with Gasteiger partial charge in [0.1, 0.15) is 6.10 Å². The first-order valence-electron chi connectivity index (χ1n) is 4.24. The van der Waals surface area contributed by atoms with Gasteiger partial charge in [0, 0.05) is 26.6 Å². The number of carbonyl (C=O) groups is 1. The van der Waals surface area contributed by atoms with Crippen LogP contribution >= 0.6 is 0 Å². The normalized spacial score (nSPS) is 29.4. The van der Waals surface area contributed by atoms with Crippen LogP contribution in [0.25, 0.3) is 0 Å². The van der Waals surface area contributed by atoms with Crippen molar-refractivity contribution in [2.24, 2.45) is 0 Å². The standard InChI is InChI=1S/C8H13NO3/c1-11-6-4-9(5-6)8(10)7-2-3-12-7/h6-7H,2-5H2,1H3. The van der Waals surface area contributed by atoms with E-state index in [0.717, 1.165) is 26.1 Å². The first kappa shape index (κ1) is 8.01. The van der Waals surface area contributed by atoms with Gasteiger partial charge in [0.05, 0.1) is 12.7 Å². The monoisotopic (exact) mass is 171 g/mol. The van der Waals surface area contributed by atoms with Gasteiger partial charge in [0.15, 0.2) is 0 Å². The summed E-state index contributed by atoms with van der Waals surface area (Å²) >= 11 is 0. The predicted molar refractivity (Wildman–Crippen MR) is 41.7 cm³/mol. The molecule has 1 atom stereocenters. The van der Waals surface area contributed by atoms with Gasteiger partial charge in [-0.05, 0) is 0 Å². The van der Waals surface area contributed by atoms with Crippen LogP contribution in [0.1, 0.15) is 6.42 Å². The van der Waals surface area contributed by atoms with Gasteiger partial charge >= 0.3 is 0 Å². The Kier molecular flexibility index (Phi) is 2.02. The average molecular weight is 171 g/mol. The molecule has 68 valence electrons. The number of amides is 1. The minimum Gasteiger partial charge on any atom is -0.378 e. The van der Waals surface area contributed by atoms with Crippen LogP contribution in [0, 0.1) is 0 Å². The van der Waals surface area contributed by atoms with E-state index in [0.29, 0.717) is 0 Å². The summed E-state index contributed by atoms with van der Waals surface area (Å²) in [5, 5.41) is 0. The van der Waals surface area contributed by atoms with Crippen molar-refractivity contribution in [2.45, 2.75) is 18.6 Å². The van der Waals surface area contributed by atoms with E-state index in [1.807, 2.05) is 0 Å². The molecule has 0 N–H and O–H groups in total. The number of hydrogen-bond donors (Lipinski definition) is 0. The van der Waals surface area contributed by atoms with E-state index in [2.05, 4.69) is 0 Å². The summed E-state index contributed by atoms with van der Waals surface area (Å²) in [4.78, 5) is 13.2. The maximum atomic E-state index is 11.4. The summed E-state index contributed by atoms with van der Waals surface area (Å²) in [6.45, 7) is 2.20. The highest BCUT2D eigenvalue weighted by molar-refractivity contribution is 5.82. The van der Waals surface area contributed by atoms with Crippen LogP contribution in [-0.4, -0.2) is 49.8 Å². The molecule has 0 aromatic carbocycles. The minimum absolute atomic E-state index is 0.134. The topological polar surface area (TPSA) is 38.8 Å². The van der Waals surface area contributed by atoms with Crippen LogP contribution in [0.3, 0.4) is 0 Å². The molecule has 12 heavy (non-hydrogen) atoms. The van der Waals surface area contributed by atoms with Gasteiger partial charge in [-0.25, -0.2) is 0 Å². The lowest BCUT2D eigenvalue weighted by atomic mass is 10.1. The van der Waals surface area contributed by atoms with Gasteiger partial charge in [0.2, 0.25) is 0 Å². The highest BCUT2D eigenvalue weighted by atomic mass is 16.5. The molecule has 4 nitrogen and oxygen atoms in total. The quantitative estimate of drug-likeness (QED) is 0.569. The molecule has 0 aromatic heterocycles. The van der Waals surface area contributed by atoms with Gasteiger partial charge in [-0.1, -0.05) is 0 Å². The molecule has 2 saturated heterocycles. The molecule has 0 aromatic rings. The van der Waals surface area contributed by atoms with E-state index < -0.39 is 0 Å². The zero-order chi connectivity index (χ0) is 8.55. The Balaban J connectivity index is 1.76. The molecule has 0 radical (unpaired) electrons. The maximum Gasteiger partial charge on any atom is 0.251 e. The number of ether oxygens (including phenoxy) is 2. The summed E-state index contributed by atoms with van der Waals surface area (Å²) in [6, 6.07) is 0. The summed E-state index contributed by atoms with van der Waals surface area (Å²) in [6.07, 6.45) is 0.976. The van der Waals surface area contributed by atoms with Crippen molar-refractivity contribution in [1.82, 2.24) is 4.90 Å². The third kappa shape index (κ3) is 1.21. The van der Waals surface area contributed by atoms with E-state index >= 15 is 0 Å². The van der Waals surface area contributed by atoms with Crippen molar-refractivity contribution < 1.29 is 14.3 Å². The van der Waals surface area contributed by atoms with Gasteiger partial charge in [-0.2, -0.15) is 0 Å². The lowest BCUT2D eigenvalue weighted by Gasteiger charge is -2.41. The highest BCUT2D eigenvalue weighted by Gasteiger charge is 2.37. The smallest absolute Gasteiger partial charge is 0.251 e. The summed E-state index contributed by atoms with van der Waals surface area (Å²) in [7, 11) is 1.67. The van der Waals surface area contributed by atoms with E-state index in [9.17, 15) is 4.79 Å². The second-order valence-corrected chi connectivity index (χ2v) is 3.25. The molecule has 2 aliphatic rings. The minimum atomic E-state index is -0.150. The van der Waals surface area contributed by atoms with Crippen LogP contribution in [0.5, 0.6) is 0 Å². The molecule has 2 aliphatic heterocycles. The van der Waals surface area contributed by atoms with Crippen molar-refractivity contribution >= 4 is 5.91 Å². The molecular weight excluding hydrogens is 158 g/mol. The van der Waals surface area contributed by atoms with E-state index in [1.165, 1.54) is 0 Å². The van der Waals surface area contributed by atoms with Crippen LogP contribution in [0.15, 0.2) is 0 Å². The first-order valence-corrected chi connectivity index (χ1v) is 4.24. The SMILES string of the molecule is COC1CN(C(=O)C2CCO2)C1. The number of likely N-dealkylation sites (tertiary alicyclic amines) is 1. The summed E-state index contributed by atoms with van der Waals surface area (Å²) < 4.78 is 10.1. The van der Waals surface area contributed by atoms with Crippen LogP contribution in [0.2, 0.25) is 0 Å². The highest BCUT2D eigenvalue weighted by Crippen LogP contribution is 2.19. The van der Waals surface area contributed by atoms with Crippen molar-refractivity contribution in [3.8, 4) is 0 Å². The molecule has 2 rings (SSSR count). The van der Waals surface area contributed by atoms with E-state index in [1.54, 1.807) is 12.0 Å². The van der Waals surface area contributed by atoms with Crippen molar-refractivity contribution in [1.29, 1.82) is 0 Å². The van der Waals surface area contributed by atoms with Gasteiger partial charge in [-0.3, -0.25) is 4.79 Å². The number of hydrogen-bond acceptors (Lipinski definition) is 3. The second-order valence-electron chi connectivity index (χ2n) is 3.25. The molecule has 0 spiro atoms. The van der Waals surface area contributed by atoms with Crippen molar-refractivity contribution in [2.75, 3.05) is 26.8 Å². The van der Waals surface area contributed by atoms with Gasteiger partial charge in [0.25, 0.3) is 5.91 Å². The Bertz CT molecular complexity index is 185. The van der Waals surface area contributed by atoms with Crippen LogP contribution in [-0.2, 0) is 14.3 Å². The molecule has 1 unspecified atom stereocenters. The maximum absolute atomic E-state index is 11.4. The lowest BCUT2D eigenvalue weighted by Crippen LogP contribution is -2.58. The Morgan fingerprint density at radius 3 is 2.67 bits per heavy atom. The first-order chi connectivity index (χ1) is 5.81. The fraction of sp³-hybridized carbons (Fsp3) is 0.875. The number of nitrogens with zero attached hydrogens (tertiary/aromatic N) is 1. The largest absolute Gasteiger partial charge is 0.378 e. The Morgan fingerprint density at radius 2 is 2.25 bits per heavy atom. The summed E-state index contributed by atoms with van der Waals surface area (Å²) in [5.74, 6) is 0.134. The molecule has 2 fully saturated rings. The van der Waals surface area contributed by atoms with Crippen LogP contribution < -0.4 is 0 Å². The van der Waals surface area contributed by atoms with Crippen molar-refractivity contribution in [3.05, 3.63) is 0 Å². The van der Waals surface area contributed by atoms with Crippen LogP contribution in [0.4, 0.5) is 0 Å². The Morgan fingerprint density at radius 1 is 1.58 bits per heavy atom. The number of rotatable bonds is 2. The predicted octanol–water partition coefficient (Wildman–Crippen LogP) is -0.367. The van der Waals surface area contributed by atoms with Gasteiger partial charge in [-0.15, -0.1) is 0 Å². The molecule has 4 heteroatoms. The second kappa shape index (κ2) is 3.03. The molecule has 1 amide bonds. The Labute approximate surface area is 71.4 Å². The Hall–Kier alpha value is -0.610. The van der Waals surface area contributed by atoms with Crippen molar-refractivity contribution in [3.63, 3.8) is 0 Å². The van der Waals surface area contributed by atoms with E-state index in [-0.39, 0.29) is 18.1 Å². The molecule has 0 saturated carbocycles. The van der Waals surface area contributed by atoms with Gasteiger partial charge < -0.3 is 14.4 Å². The zero-order valence-electron chi connectivity index (χ0n) is 7.16. The molecule has 0 aliphatic carbocycles. The molecular formula is C8H13NO3.